The lowest BCUT2D eigenvalue weighted by Gasteiger charge is -2.10. The van der Waals surface area contributed by atoms with Crippen LogP contribution in [0.5, 0.6) is 11.5 Å². The molecule has 0 bridgehead atoms. The molecule has 0 atom stereocenters. The van der Waals surface area contributed by atoms with Gasteiger partial charge in [-0.3, -0.25) is 4.79 Å². The van der Waals surface area contributed by atoms with E-state index < -0.39 is 17.8 Å². The van der Waals surface area contributed by atoms with Crippen LogP contribution in [0.15, 0.2) is 47.1 Å². The Labute approximate surface area is 158 Å². The molecule has 2 aromatic rings. The van der Waals surface area contributed by atoms with Gasteiger partial charge in [0.15, 0.2) is 17.2 Å². The zero-order valence-corrected chi connectivity index (χ0v) is 15.0. The fourth-order valence-electron chi connectivity index (χ4n) is 2.35. The average Bonchev–Trinajstić information content (AvgIpc) is 2.98. The van der Waals surface area contributed by atoms with Gasteiger partial charge in [-0.05, 0) is 48.0 Å². The van der Waals surface area contributed by atoms with Crippen molar-refractivity contribution in [3.05, 3.63) is 64.1 Å². The van der Waals surface area contributed by atoms with Crippen molar-refractivity contribution in [2.45, 2.75) is 6.92 Å². The zero-order valence-electron chi connectivity index (χ0n) is 14.3. The summed E-state index contributed by atoms with van der Waals surface area (Å²) in [5.74, 6) is -1.24. The van der Waals surface area contributed by atoms with E-state index in [0.29, 0.717) is 11.1 Å². The third kappa shape index (κ3) is 4.15. The number of hydrogen-bond donors (Lipinski definition) is 0. The first-order chi connectivity index (χ1) is 12.9. The second kappa shape index (κ2) is 7.59. The Kier molecular flexibility index (Phi) is 5.23. The summed E-state index contributed by atoms with van der Waals surface area (Å²) in [7, 11) is 1.39. The van der Waals surface area contributed by atoms with E-state index in [1.807, 2.05) is 0 Å². The monoisotopic (exact) mass is 389 g/mol. The zero-order chi connectivity index (χ0) is 19.6. The Balaban J connectivity index is 1.96. The molecule has 0 amide bonds. The van der Waals surface area contributed by atoms with Crippen molar-refractivity contribution in [2.24, 2.45) is 4.99 Å². The normalized spacial score (nSPS) is 14.7. The van der Waals surface area contributed by atoms with E-state index in [0.717, 1.165) is 0 Å². The number of halogens is 2. The minimum absolute atomic E-state index is 0.0349. The highest BCUT2D eigenvalue weighted by atomic mass is 35.5. The number of methoxy groups -OCH3 is 1. The lowest BCUT2D eigenvalue weighted by atomic mass is 10.1. The van der Waals surface area contributed by atoms with Crippen LogP contribution in [-0.2, 0) is 14.3 Å². The Bertz CT molecular complexity index is 982. The van der Waals surface area contributed by atoms with Gasteiger partial charge in [0.1, 0.15) is 5.82 Å². The Morgan fingerprint density at radius 3 is 2.59 bits per heavy atom. The van der Waals surface area contributed by atoms with Crippen molar-refractivity contribution in [3.8, 4) is 11.5 Å². The van der Waals surface area contributed by atoms with Crippen LogP contribution in [0.2, 0.25) is 5.02 Å². The Morgan fingerprint density at radius 1 is 1.26 bits per heavy atom. The van der Waals surface area contributed by atoms with Crippen LogP contribution in [0.1, 0.15) is 18.1 Å². The molecule has 0 aromatic heterocycles. The molecule has 0 saturated heterocycles. The maximum Gasteiger partial charge on any atom is 0.363 e. The van der Waals surface area contributed by atoms with Gasteiger partial charge in [0, 0.05) is 12.5 Å². The molecule has 0 saturated carbocycles. The third-order valence-corrected chi connectivity index (χ3v) is 3.79. The summed E-state index contributed by atoms with van der Waals surface area (Å²) in [6, 6.07) is 8.43. The van der Waals surface area contributed by atoms with E-state index in [9.17, 15) is 14.0 Å². The van der Waals surface area contributed by atoms with Crippen LogP contribution in [-0.4, -0.2) is 24.9 Å². The Morgan fingerprint density at radius 2 is 1.96 bits per heavy atom. The number of carbonyl (C=O) groups excluding carboxylic acids is 2. The summed E-state index contributed by atoms with van der Waals surface area (Å²) in [6.45, 7) is 1.24. The molecule has 3 rings (SSSR count). The van der Waals surface area contributed by atoms with Crippen molar-refractivity contribution in [3.63, 3.8) is 0 Å². The topological polar surface area (TPSA) is 74.2 Å². The molecule has 8 heteroatoms. The van der Waals surface area contributed by atoms with Gasteiger partial charge in [0.25, 0.3) is 0 Å². The third-order valence-electron chi connectivity index (χ3n) is 3.51. The Hall–Kier alpha value is -3.19. The minimum Gasteiger partial charge on any atom is -0.493 e. The SMILES string of the molecule is COc1cc(C=C2N=C(c3ccc(F)cc3)OC2=O)cc(Cl)c1OC(C)=O. The highest BCUT2D eigenvalue weighted by Crippen LogP contribution is 2.37. The fraction of sp³-hybridized carbons (Fsp3) is 0.105. The largest absolute Gasteiger partial charge is 0.493 e. The lowest BCUT2D eigenvalue weighted by molar-refractivity contribution is -0.132. The van der Waals surface area contributed by atoms with E-state index in [2.05, 4.69) is 4.99 Å². The van der Waals surface area contributed by atoms with E-state index in [1.165, 1.54) is 56.5 Å². The van der Waals surface area contributed by atoms with Crippen molar-refractivity contribution in [1.29, 1.82) is 0 Å². The van der Waals surface area contributed by atoms with Gasteiger partial charge >= 0.3 is 11.9 Å². The molecular weight excluding hydrogens is 377 g/mol. The molecule has 27 heavy (non-hydrogen) atoms. The smallest absolute Gasteiger partial charge is 0.363 e. The van der Waals surface area contributed by atoms with Crippen LogP contribution >= 0.6 is 11.6 Å². The van der Waals surface area contributed by atoms with E-state index in [4.69, 9.17) is 25.8 Å². The summed E-state index contributed by atoms with van der Waals surface area (Å²) in [4.78, 5) is 27.4. The summed E-state index contributed by atoms with van der Waals surface area (Å²) < 4.78 is 28.4. The summed E-state index contributed by atoms with van der Waals surface area (Å²) in [5.41, 5.74) is 0.991. The molecular formula is C19H13ClFNO5. The maximum atomic E-state index is 13.0. The number of benzene rings is 2. The first-order valence-electron chi connectivity index (χ1n) is 7.72. The predicted octanol–water partition coefficient (Wildman–Crippen LogP) is 3.76. The summed E-state index contributed by atoms with van der Waals surface area (Å²) in [5, 5.41) is 0.130. The molecule has 1 aliphatic heterocycles. The second-order valence-electron chi connectivity index (χ2n) is 5.47. The number of aliphatic imine (C=N–C) groups is 1. The molecule has 0 fully saturated rings. The van der Waals surface area contributed by atoms with Crippen molar-refractivity contribution < 1.29 is 28.2 Å². The van der Waals surface area contributed by atoms with Crippen LogP contribution in [0.4, 0.5) is 4.39 Å². The highest BCUT2D eigenvalue weighted by molar-refractivity contribution is 6.32. The van der Waals surface area contributed by atoms with Gasteiger partial charge in [-0.2, -0.15) is 0 Å². The quantitative estimate of drug-likeness (QED) is 0.452. The number of nitrogens with zero attached hydrogens (tertiary/aromatic N) is 1. The number of cyclic esters (lactones) is 1. The van der Waals surface area contributed by atoms with Crippen molar-refractivity contribution in [1.82, 2.24) is 0 Å². The molecule has 6 nitrogen and oxygen atoms in total. The van der Waals surface area contributed by atoms with Gasteiger partial charge in [0.05, 0.1) is 12.1 Å². The van der Waals surface area contributed by atoms with E-state index in [-0.39, 0.29) is 28.1 Å². The van der Waals surface area contributed by atoms with Gasteiger partial charge < -0.3 is 14.2 Å². The van der Waals surface area contributed by atoms with Crippen LogP contribution in [0, 0.1) is 5.82 Å². The fourth-order valence-corrected chi connectivity index (χ4v) is 2.61. The molecule has 0 spiro atoms. The average molecular weight is 390 g/mol. The van der Waals surface area contributed by atoms with Gasteiger partial charge in [-0.15, -0.1) is 0 Å². The van der Waals surface area contributed by atoms with E-state index in [1.54, 1.807) is 0 Å². The van der Waals surface area contributed by atoms with E-state index >= 15 is 0 Å². The van der Waals surface area contributed by atoms with Crippen molar-refractivity contribution in [2.75, 3.05) is 7.11 Å². The molecule has 0 N–H and O–H groups in total. The number of rotatable bonds is 4. The second-order valence-corrected chi connectivity index (χ2v) is 5.88. The predicted molar refractivity (Wildman–Crippen MR) is 96.3 cm³/mol. The number of esters is 2. The van der Waals surface area contributed by atoms with Gasteiger partial charge in [0.2, 0.25) is 5.90 Å². The molecule has 0 unspecified atom stereocenters. The van der Waals surface area contributed by atoms with Crippen LogP contribution in [0.25, 0.3) is 6.08 Å². The van der Waals surface area contributed by atoms with Crippen LogP contribution in [0.3, 0.4) is 0 Å². The summed E-state index contributed by atoms with van der Waals surface area (Å²) >= 11 is 6.14. The number of carbonyl (C=O) groups is 2. The number of hydrogen-bond acceptors (Lipinski definition) is 6. The molecule has 138 valence electrons. The first kappa shape index (κ1) is 18.6. The molecule has 0 radical (unpaired) electrons. The van der Waals surface area contributed by atoms with Crippen LogP contribution < -0.4 is 9.47 Å². The maximum absolute atomic E-state index is 13.0. The minimum atomic E-state index is -0.659. The number of ether oxygens (including phenoxy) is 3. The lowest BCUT2D eigenvalue weighted by Crippen LogP contribution is -2.05. The standard InChI is InChI=1S/C19H13ClFNO5/c1-10(23)26-17-14(20)7-11(9-16(17)25-2)8-15-19(24)27-18(22-15)12-3-5-13(21)6-4-12/h3-9H,1-2H3. The van der Waals surface area contributed by atoms with Crippen molar-refractivity contribution >= 4 is 35.5 Å². The summed E-state index contributed by atoms with van der Waals surface area (Å²) in [6.07, 6.45) is 1.45. The first-order valence-corrected chi connectivity index (χ1v) is 8.09. The molecule has 2 aromatic carbocycles. The highest BCUT2D eigenvalue weighted by Gasteiger charge is 2.24. The van der Waals surface area contributed by atoms with Gasteiger partial charge in [-0.25, -0.2) is 14.2 Å². The molecule has 0 aliphatic carbocycles. The molecule has 1 heterocycles. The molecule has 1 aliphatic rings. The van der Waals surface area contributed by atoms with Gasteiger partial charge in [-0.1, -0.05) is 11.6 Å².